The molecular formula is C54H37N3O. The minimum absolute atomic E-state index is 0.190. The van der Waals surface area contributed by atoms with Crippen molar-refractivity contribution in [3.05, 3.63) is 234 Å². The second kappa shape index (κ2) is 12.8. The lowest BCUT2D eigenvalue weighted by atomic mass is 9.61. The molecule has 4 heteroatoms. The number of anilines is 3. The molecule has 1 spiro atoms. The molecule has 2 aromatic heterocycles. The van der Waals surface area contributed by atoms with Crippen LogP contribution in [0.2, 0.25) is 0 Å². The van der Waals surface area contributed by atoms with Crippen molar-refractivity contribution in [3.63, 3.8) is 0 Å². The van der Waals surface area contributed by atoms with Crippen LogP contribution in [-0.4, -0.2) is 9.55 Å². The van der Waals surface area contributed by atoms with Crippen LogP contribution in [0.15, 0.2) is 206 Å². The van der Waals surface area contributed by atoms with Crippen LogP contribution in [0.25, 0.3) is 38.8 Å². The van der Waals surface area contributed by atoms with Crippen LogP contribution in [0.3, 0.4) is 0 Å². The van der Waals surface area contributed by atoms with Crippen molar-refractivity contribution in [3.8, 4) is 28.4 Å². The monoisotopic (exact) mass is 743 g/mol. The fraction of sp³-hybridized carbons (Fsp3) is 0.0556. The highest BCUT2D eigenvalue weighted by Gasteiger charge is 2.51. The molecule has 4 nitrogen and oxygen atoms in total. The van der Waals surface area contributed by atoms with Gasteiger partial charge in [-0.2, -0.15) is 0 Å². The van der Waals surface area contributed by atoms with Gasteiger partial charge in [-0.05, 0) is 72.1 Å². The van der Waals surface area contributed by atoms with Crippen LogP contribution in [0.4, 0.5) is 17.1 Å². The van der Waals surface area contributed by atoms with Gasteiger partial charge in [0.15, 0.2) is 0 Å². The molecule has 0 amide bonds. The summed E-state index contributed by atoms with van der Waals surface area (Å²) in [5.41, 5.74) is 13.9. The Morgan fingerprint density at radius 2 is 1.19 bits per heavy atom. The van der Waals surface area contributed by atoms with Crippen LogP contribution in [0.1, 0.15) is 40.3 Å². The van der Waals surface area contributed by atoms with Crippen molar-refractivity contribution in [1.82, 2.24) is 9.55 Å². The van der Waals surface area contributed by atoms with E-state index in [2.05, 4.69) is 216 Å². The third-order valence-corrected chi connectivity index (χ3v) is 12.3. The molecule has 0 bridgehead atoms. The molecule has 9 aromatic rings. The van der Waals surface area contributed by atoms with E-state index in [0.717, 1.165) is 79.8 Å². The van der Waals surface area contributed by atoms with Gasteiger partial charge in [0.2, 0.25) is 0 Å². The second-order valence-electron chi connectivity index (χ2n) is 15.4. The summed E-state index contributed by atoms with van der Waals surface area (Å²) in [6.07, 6.45) is 9.69. The Balaban J connectivity index is 1.17. The van der Waals surface area contributed by atoms with E-state index in [4.69, 9.17) is 9.72 Å². The Kier molecular flexibility index (Phi) is 7.24. The van der Waals surface area contributed by atoms with Gasteiger partial charge >= 0.3 is 0 Å². The predicted molar refractivity (Wildman–Crippen MR) is 236 cm³/mol. The summed E-state index contributed by atoms with van der Waals surface area (Å²) in [4.78, 5) is 7.71. The highest BCUT2D eigenvalue weighted by atomic mass is 16.5. The van der Waals surface area contributed by atoms with Gasteiger partial charge in [0.25, 0.3) is 0 Å². The molecule has 2 aliphatic heterocycles. The fourth-order valence-corrected chi connectivity index (χ4v) is 9.88. The lowest BCUT2D eigenvalue weighted by Gasteiger charge is -2.48. The Morgan fingerprint density at radius 1 is 0.517 bits per heavy atom. The van der Waals surface area contributed by atoms with Gasteiger partial charge in [-0.1, -0.05) is 146 Å². The molecule has 7 aromatic carbocycles. The van der Waals surface area contributed by atoms with Gasteiger partial charge in [-0.25, -0.2) is 0 Å². The average Bonchev–Trinajstić information content (AvgIpc) is 3.62. The number of pyridine rings is 1. The number of hydrogen-bond acceptors (Lipinski definition) is 3. The van der Waals surface area contributed by atoms with Crippen molar-refractivity contribution < 1.29 is 4.74 Å². The smallest absolute Gasteiger partial charge is 0.134 e. The number of aromatic nitrogens is 2. The molecule has 0 saturated heterocycles. The highest BCUT2D eigenvalue weighted by Crippen LogP contribution is 2.63. The molecule has 4 heterocycles. The summed E-state index contributed by atoms with van der Waals surface area (Å²) in [5, 5.41) is 2.37. The summed E-state index contributed by atoms with van der Waals surface area (Å²) in [6.45, 7) is 0. The molecule has 1 aliphatic carbocycles. The molecule has 1 atom stereocenters. The Bertz CT molecular complexity index is 3090. The molecule has 0 fully saturated rings. The number of fused-ring (bicyclic) bond motifs is 11. The Morgan fingerprint density at radius 3 is 1.95 bits per heavy atom. The topological polar surface area (TPSA) is 30.3 Å². The first-order valence-corrected chi connectivity index (χ1v) is 20.1. The maximum absolute atomic E-state index is 7.10. The number of nitrogens with zero attached hydrogens (tertiary/aromatic N) is 3. The zero-order valence-electron chi connectivity index (χ0n) is 31.7. The van der Waals surface area contributed by atoms with Crippen LogP contribution < -0.4 is 9.64 Å². The summed E-state index contributed by atoms with van der Waals surface area (Å²) < 4.78 is 9.52. The molecule has 0 radical (unpaired) electrons. The number of hydrogen-bond donors (Lipinski definition) is 0. The summed E-state index contributed by atoms with van der Waals surface area (Å²) in [7, 11) is 0. The maximum atomic E-state index is 7.10. The minimum atomic E-state index is -0.662. The lowest BCUT2D eigenvalue weighted by Crippen LogP contribution is -2.39. The molecule has 0 saturated carbocycles. The molecule has 58 heavy (non-hydrogen) atoms. The van der Waals surface area contributed by atoms with Crippen LogP contribution >= 0.6 is 0 Å². The van der Waals surface area contributed by atoms with Crippen molar-refractivity contribution in [1.29, 1.82) is 0 Å². The zero-order chi connectivity index (χ0) is 38.2. The number of para-hydroxylation sites is 5. The van der Waals surface area contributed by atoms with Crippen molar-refractivity contribution in [2.45, 2.75) is 17.8 Å². The summed E-state index contributed by atoms with van der Waals surface area (Å²) in [6, 6.07) is 65.8. The quantitative estimate of drug-likeness (QED) is 0.180. The third kappa shape index (κ3) is 4.72. The lowest BCUT2D eigenvalue weighted by molar-refractivity contribution is 0.435. The van der Waals surface area contributed by atoms with E-state index in [1.165, 1.54) is 21.9 Å². The summed E-state index contributed by atoms with van der Waals surface area (Å²) in [5.74, 6) is 1.91. The van der Waals surface area contributed by atoms with E-state index >= 15 is 0 Å². The molecular weight excluding hydrogens is 707 g/mol. The van der Waals surface area contributed by atoms with Crippen LogP contribution in [-0.2, 0) is 5.41 Å². The van der Waals surface area contributed by atoms with Gasteiger partial charge in [0.05, 0.1) is 44.9 Å². The first-order chi connectivity index (χ1) is 28.8. The van der Waals surface area contributed by atoms with E-state index in [0.29, 0.717) is 0 Å². The largest absolute Gasteiger partial charge is 0.457 e. The number of allylic oxidation sites excluding steroid dienone is 4. The Hall–Kier alpha value is -7.43. The van der Waals surface area contributed by atoms with Gasteiger partial charge in [-0.3, -0.25) is 4.98 Å². The van der Waals surface area contributed by atoms with Crippen molar-refractivity contribution in [2.75, 3.05) is 4.90 Å². The zero-order valence-corrected chi connectivity index (χ0v) is 31.7. The van der Waals surface area contributed by atoms with Crippen molar-refractivity contribution >= 4 is 38.9 Å². The molecule has 0 N–H and O–H groups in total. The molecule has 3 aliphatic rings. The average molecular weight is 744 g/mol. The van der Waals surface area contributed by atoms with E-state index in [-0.39, 0.29) is 5.92 Å². The van der Waals surface area contributed by atoms with E-state index in [1.54, 1.807) is 0 Å². The summed E-state index contributed by atoms with van der Waals surface area (Å²) >= 11 is 0. The van der Waals surface area contributed by atoms with Gasteiger partial charge < -0.3 is 14.2 Å². The van der Waals surface area contributed by atoms with Gasteiger partial charge in [-0.15, -0.1) is 0 Å². The van der Waals surface area contributed by atoms with Crippen molar-refractivity contribution in [2.24, 2.45) is 0 Å². The fourth-order valence-electron chi connectivity index (χ4n) is 9.88. The highest BCUT2D eigenvalue weighted by molar-refractivity contribution is 6.10. The molecule has 1 unspecified atom stereocenters. The predicted octanol–water partition coefficient (Wildman–Crippen LogP) is 13.7. The first kappa shape index (κ1) is 32.8. The Labute approximate surface area is 337 Å². The van der Waals surface area contributed by atoms with E-state index in [1.807, 2.05) is 0 Å². The molecule has 12 rings (SSSR count). The number of rotatable bonds is 4. The SMILES string of the molecule is C1=CCC(c2cc(-n3c4ccccc4c4cc5c(cc43)Oc3ccccc3C53c4ccccc4N(c4ccccc4)c4ccccc43)cc(-c3ccccc3)n2)C=C1. The van der Waals surface area contributed by atoms with Gasteiger partial charge in [0.1, 0.15) is 11.5 Å². The number of ether oxygens (including phenoxy) is 1. The van der Waals surface area contributed by atoms with E-state index in [9.17, 15) is 0 Å². The van der Waals surface area contributed by atoms with Crippen LogP contribution in [0.5, 0.6) is 11.5 Å². The minimum Gasteiger partial charge on any atom is -0.457 e. The van der Waals surface area contributed by atoms with E-state index < -0.39 is 5.41 Å². The maximum Gasteiger partial charge on any atom is 0.134 e. The normalized spacial score (nSPS) is 15.8. The second-order valence-corrected chi connectivity index (χ2v) is 15.4. The van der Waals surface area contributed by atoms with Gasteiger partial charge in [0, 0.05) is 45.1 Å². The first-order valence-electron chi connectivity index (χ1n) is 20.1. The van der Waals surface area contributed by atoms with Crippen LogP contribution in [0, 0.1) is 0 Å². The molecule has 274 valence electrons. The third-order valence-electron chi connectivity index (χ3n) is 12.3. The standard InChI is InChI=1S/C54H37N3O/c1-4-18-36(19-5-1)46-32-39(33-47(55-46)37-20-6-2-7-21-37)57-48-28-14-10-24-40(48)41-34-45-53(35-51(41)57)58-52-31-17-13-27-44(52)54(45)42-25-11-15-29-49(42)56(38-22-8-3-9-23-38)50-30-16-12-26-43(50)54/h1-20,22-35,37H,21H2. The number of benzene rings is 7.